The van der Waals surface area contributed by atoms with Crippen LogP contribution < -0.4 is 11.1 Å². The van der Waals surface area contributed by atoms with E-state index in [0.717, 1.165) is 0 Å². The zero-order valence-electron chi connectivity index (χ0n) is 16.1. The van der Waals surface area contributed by atoms with Crippen molar-refractivity contribution in [2.45, 2.75) is 17.5 Å². The fourth-order valence-corrected chi connectivity index (χ4v) is 4.46. The Hall–Kier alpha value is -3.43. The third-order valence-corrected chi connectivity index (χ3v) is 6.02. The van der Waals surface area contributed by atoms with Gasteiger partial charge in [0.1, 0.15) is 5.82 Å². The number of hydrogen-bond donors (Lipinski definition) is 1. The average Bonchev–Trinajstić information content (AvgIpc) is 3.19. The molecule has 1 N–H and O–H groups in total. The van der Waals surface area contributed by atoms with E-state index < -0.39 is 0 Å². The molecular weight excluding hydrogens is 436 g/mol. The number of aromatic nitrogens is 6. The molecule has 0 fully saturated rings. The van der Waals surface area contributed by atoms with Crippen molar-refractivity contribution in [3.05, 3.63) is 86.7 Å². The van der Waals surface area contributed by atoms with Crippen molar-refractivity contribution < 1.29 is 0 Å². The lowest BCUT2D eigenvalue weighted by molar-refractivity contribution is 0.783. The van der Waals surface area contributed by atoms with Gasteiger partial charge in [-0.2, -0.15) is 0 Å². The number of nitrogens with one attached hydrogen (secondary N) is 1. The van der Waals surface area contributed by atoms with Crippen molar-refractivity contribution in [2.75, 3.05) is 0 Å². The molecule has 5 rings (SSSR count). The van der Waals surface area contributed by atoms with Crippen LogP contribution in [0.1, 0.15) is 5.82 Å². The lowest BCUT2D eigenvalue weighted by Crippen LogP contribution is -2.22. The van der Waals surface area contributed by atoms with Crippen LogP contribution in [-0.4, -0.2) is 29.1 Å². The molecule has 0 radical (unpaired) electrons. The molecule has 0 unspecified atom stereocenters. The normalized spacial score (nSPS) is 11.5. The van der Waals surface area contributed by atoms with E-state index in [2.05, 4.69) is 26.7 Å². The standard InChI is InChI=1S/C21H15ClN6O2S/c1-2-9-27-19(30)14-5-3-4-6-16(14)28-20(27)25-26-21(28)31-11-17-23-15-10-12(22)7-8-13(15)18(29)24-17/h2-8,10H,1,9,11H2,(H,23,24,29). The van der Waals surface area contributed by atoms with Gasteiger partial charge in [0.05, 0.1) is 27.6 Å². The van der Waals surface area contributed by atoms with Crippen LogP contribution in [-0.2, 0) is 12.3 Å². The summed E-state index contributed by atoms with van der Waals surface area (Å²) in [5.41, 5.74) is 0.864. The highest BCUT2D eigenvalue weighted by Crippen LogP contribution is 2.24. The fourth-order valence-electron chi connectivity index (χ4n) is 3.48. The van der Waals surface area contributed by atoms with Crippen LogP contribution in [0.2, 0.25) is 5.02 Å². The largest absolute Gasteiger partial charge is 0.309 e. The quantitative estimate of drug-likeness (QED) is 0.325. The lowest BCUT2D eigenvalue weighted by atomic mass is 10.2. The monoisotopic (exact) mass is 450 g/mol. The Morgan fingerprint density at radius 3 is 2.81 bits per heavy atom. The van der Waals surface area contributed by atoms with Gasteiger partial charge in [-0.3, -0.25) is 18.6 Å². The van der Waals surface area contributed by atoms with Crippen LogP contribution in [0.15, 0.2) is 69.9 Å². The molecule has 8 nitrogen and oxygen atoms in total. The molecular formula is C21H15ClN6O2S. The van der Waals surface area contributed by atoms with Crippen molar-refractivity contribution in [1.82, 2.24) is 29.1 Å². The smallest absolute Gasteiger partial charge is 0.263 e. The summed E-state index contributed by atoms with van der Waals surface area (Å²) < 4.78 is 3.37. The second-order valence-electron chi connectivity index (χ2n) is 6.80. The summed E-state index contributed by atoms with van der Waals surface area (Å²) in [6.45, 7) is 4.05. The molecule has 0 aliphatic heterocycles. The number of H-pyrrole nitrogens is 1. The molecule has 154 valence electrons. The third-order valence-electron chi connectivity index (χ3n) is 4.85. The number of fused-ring (bicyclic) bond motifs is 4. The molecule has 0 spiro atoms. The first kappa shape index (κ1) is 19.5. The Labute approximate surface area is 184 Å². The molecule has 0 amide bonds. The van der Waals surface area contributed by atoms with Crippen LogP contribution >= 0.6 is 23.4 Å². The lowest BCUT2D eigenvalue weighted by Gasteiger charge is -2.09. The van der Waals surface area contributed by atoms with Gasteiger partial charge in [-0.1, -0.05) is 41.6 Å². The van der Waals surface area contributed by atoms with Crippen LogP contribution in [0.3, 0.4) is 0 Å². The van der Waals surface area contributed by atoms with Gasteiger partial charge in [0.15, 0.2) is 5.16 Å². The summed E-state index contributed by atoms with van der Waals surface area (Å²) in [6, 6.07) is 12.3. The highest BCUT2D eigenvalue weighted by molar-refractivity contribution is 7.98. The summed E-state index contributed by atoms with van der Waals surface area (Å²) >= 11 is 7.40. The number of aromatic amines is 1. The van der Waals surface area contributed by atoms with E-state index in [0.29, 0.717) is 55.9 Å². The number of rotatable bonds is 5. The maximum absolute atomic E-state index is 12.9. The number of hydrogen-bond acceptors (Lipinski definition) is 6. The molecule has 3 heterocycles. The number of para-hydroxylation sites is 1. The van der Waals surface area contributed by atoms with Gasteiger partial charge in [0.2, 0.25) is 5.78 Å². The molecule has 0 saturated heterocycles. The minimum absolute atomic E-state index is 0.149. The molecule has 10 heteroatoms. The number of allylic oxidation sites excluding steroid dienone is 1. The zero-order chi connectivity index (χ0) is 21.5. The van der Waals surface area contributed by atoms with Crippen molar-refractivity contribution in [3.8, 4) is 0 Å². The Balaban J connectivity index is 1.60. The van der Waals surface area contributed by atoms with Crippen molar-refractivity contribution in [1.29, 1.82) is 0 Å². The average molecular weight is 451 g/mol. The van der Waals surface area contributed by atoms with Gasteiger partial charge < -0.3 is 4.98 Å². The van der Waals surface area contributed by atoms with E-state index in [1.165, 1.54) is 16.3 Å². The maximum Gasteiger partial charge on any atom is 0.263 e. The predicted molar refractivity (Wildman–Crippen MR) is 122 cm³/mol. The van der Waals surface area contributed by atoms with Gasteiger partial charge >= 0.3 is 0 Å². The molecule has 0 aliphatic rings. The van der Waals surface area contributed by atoms with Gasteiger partial charge in [-0.15, -0.1) is 16.8 Å². The summed E-state index contributed by atoms with van der Waals surface area (Å²) in [6.07, 6.45) is 1.65. The third kappa shape index (κ3) is 3.31. The highest BCUT2D eigenvalue weighted by Gasteiger charge is 2.16. The molecule has 0 saturated carbocycles. The van der Waals surface area contributed by atoms with E-state index in [4.69, 9.17) is 11.6 Å². The molecule has 2 aromatic carbocycles. The summed E-state index contributed by atoms with van der Waals surface area (Å²) in [7, 11) is 0. The van der Waals surface area contributed by atoms with E-state index in [1.807, 2.05) is 22.6 Å². The first-order valence-electron chi connectivity index (χ1n) is 9.35. The Morgan fingerprint density at radius 1 is 1.13 bits per heavy atom. The van der Waals surface area contributed by atoms with Gasteiger partial charge in [0.25, 0.3) is 11.1 Å². The Kier molecular flexibility index (Phi) is 4.84. The van der Waals surface area contributed by atoms with Crippen LogP contribution in [0.4, 0.5) is 0 Å². The summed E-state index contributed by atoms with van der Waals surface area (Å²) in [4.78, 5) is 32.6. The van der Waals surface area contributed by atoms with Crippen LogP contribution in [0.5, 0.6) is 0 Å². The van der Waals surface area contributed by atoms with Crippen LogP contribution in [0, 0.1) is 0 Å². The Bertz CT molecular complexity index is 1600. The predicted octanol–water partition coefficient (Wildman–Crippen LogP) is 3.41. The van der Waals surface area contributed by atoms with Gasteiger partial charge in [-0.25, -0.2) is 4.98 Å². The number of benzene rings is 2. The second-order valence-corrected chi connectivity index (χ2v) is 8.18. The number of halogens is 1. The minimum atomic E-state index is -0.228. The maximum atomic E-state index is 12.9. The second kappa shape index (κ2) is 7.68. The minimum Gasteiger partial charge on any atom is -0.309 e. The SMILES string of the molecule is C=CCn1c(=O)c2ccccc2n2c(SCc3nc4cc(Cl)ccc4c(=O)[nH]3)nnc12. The molecule has 5 aromatic rings. The molecule has 31 heavy (non-hydrogen) atoms. The Morgan fingerprint density at radius 2 is 1.97 bits per heavy atom. The zero-order valence-corrected chi connectivity index (χ0v) is 17.7. The van der Waals surface area contributed by atoms with Crippen LogP contribution in [0.25, 0.3) is 27.6 Å². The summed E-state index contributed by atoms with van der Waals surface area (Å²) in [5, 5.41) is 10.7. The van der Waals surface area contributed by atoms with Crippen molar-refractivity contribution >= 4 is 50.9 Å². The van der Waals surface area contributed by atoms with E-state index in [9.17, 15) is 9.59 Å². The number of nitrogens with zero attached hydrogens (tertiary/aromatic N) is 5. The van der Waals surface area contributed by atoms with E-state index >= 15 is 0 Å². The molecule has 3 aromatic heterocycles. The van der Waals surface area contributed by atoms with Gasteiger partial charge in [0, 0.05) is 11.6 Å². The van der Waals surface area contributed by atoms with Crippen molar-refractivity contribution in [2.24, 2.45) is 0 Å². The van der Waals surface area contributed by atoms with E-state index in [1.54, 1.807) is 30.3 Å². The molecule has 0 aliphatic carbocycles. The summed E-state index contributed by atoms with van der Waals surface area (Å²) in [5.74, 6) is 1.27. The fraction of sp³-hybridized carbons (Fsp3) is 0.0952. The molecule has 0 atom stereocenters. The molecule has 0 bridgehead atoms. The topological polar surface area (TPSA) is 97.9 Å². The van der Waals surface area contributed by atoms with Gasteiger partial charge in [-0.05, 0) is 30.3 Å². The van der Waals surface area contributed by atoms with Crippen molar-refractivity contribution in [3.63, 3.8) is 0 Å². The van der Waals surface area contributed by atoms with E-state index in [-0.39, 0.29) is 11.1 Å². The first-order valence-corrected chi connectivity index (χ1v) is 10.7. The first-order chi connectivity index (χ1) is 15.1. The number of thioether (sulfide) groups is 1. The highest BCUT2D eigenvalue weighted by atomic mass is 35.5.